The van der Waals surface area contributed by atoms with E-state index in [2.05, 4.69) is 30.4 Å². The molecule has 100 valence electrons. The maximum Gasteiger partial charge on any atom is 0.309 e. The van der Waals surface area contributed by atoms with E-state index in [4.69, 9.17) is 4.74 Å². The van der Waals surface area contributed by atoms with E-state index in [9.17, 15) is 4.79 Å². The lowest BCUT2D eigenvalue weighted by atomic mass is 9.81. The standard InChI is InChI=1S/C14H19NO2.ClH/c1-10-4-3-5-11(8-10)13-9-15-7-6-12(13)14(16)17-2;/h3-5,8,12-13,15H,6-7,9H2,1-2H3;1H. The number of carbonyl (C=O) groups excluding carboxylic acids is 1. The second kappa shape index (κ2) is 6.76. The van der Waals surface area contributed by atoms with Gasteiger partial charge in [-0.1, -0.05) is 29.8 Å². The number of piperidine rings is 1. The lowest BCUT2D eigenvalue weighted by Crippen LogP contribution is -2.39. The van der Waals surface area contributed by atoms with Gasteiger partial charge < -0.3 is 10.1 Å². The molecule has 1 N–H and O–H groups in total. The van der Waals surface area contributed by atoms with Crippen LogP contribution in [0.3, 0.4) is 0 Å². The van der Waals surface area contributed by atoms with Gasteiger partial charge in [0.2, 0.25) is 0 Å². The highest BCUT2D eigenvalue weighted by molar-refractivity contribution is 5.85. The van der Waals surface area contributed by atoms with Crippen molar-refractivity contribution in [2.45, 2.75) is 19.3 Å². The number of benzene rings is 1. The van der Waals surface area contributed by atoms with Crippen LogP contribution in [0, 0.1) is 12.8 Å². The van der Waals surface area contributed by atoms with Gasteiger partial charge in [-0.25, -0.2) is 0 Å². The van der Waals surface area contributed by atoms with Gasteiger partial charge in [0.1, 0.15) is 0 Å². The van der Waals surface area contributed by atoms with Crippen LogP contribution in [0.1, 0.15) is 23.5 Å². The third-order valence-electron chi connectivity index (χ3n) is 3.46. The van der Waals surface area contributed by atoms with Crippen LogP contribution in [0.15, 0.2) is 24.3 Å². The minimum Gasteiger partial charge on any atom is -0.469 e. The van der Waals surface area contributed by atoms with Crippen LogP contribution in [0.2, 0.25) is 0 Å². The number of ether oxygens (including phenoxy) is 1. The van der Waals surface area contributed by atoms with Crippen molar-refractivity contribution in [3.05, 3.63) is 35.4 Å². The van der Waals surface area contributed by atoms with Crippen molar-refractivity contribution in [2.24, 2.45) is 5.92 Å². The fourth-order valence-electron chi connectivity index (χ4n) is 2.54. The fraction of sp³-hybridized carbons (Fsp3) is 0.500. The number of rotatable bonds is 2. The fourth-order valence-corrected chi connectivity index (χ4v) is 2.54. The van der Waals surface area contributed by atoms with Crippen molar-refractivity contribution in [3.63, 3.8) is 0 Å². The number of hydrogen-bond acceptors (Lipinski definition) is 3. The van der Waals surface area contributed by atoms with E-state index in [0.717, 1.165) is 19.5 Å². The van der Waals surface area contributed by atoms with Crippen LogP contribution in [-0.4, -0.2) is 26.2 Å². The SMILES string of the molecule is COC(=O)C1CCNCC1c1cccc(C)c1.Cl. The number of hydrogen-bond donors (Lipinski definition) is 1. The maximum absolute atomic E-state index is 11.8. The van der Waals surface area contributed by atoms with Crippen molar-refractivity contribution < 1.29 is 9.53 Å². The third-order valence-corrected chi connectivity index (χ3v) is 3.46. The largest absolute Gasteiger partial charge is 0.469 e. The van der Waals surface area contributed by atoms with Crippen molar-refractivity contribution in [1.82, 2.24) is 5.32 Å². The summed E-state index contributed by atoms with van der Waals surface area (Å²) in [6.07, 6.45) is 0.852. The normalized spacial score (nSPS) is 23.0. The molecule has 1 aliphatic rings. The van der Waals surface area contributed by atoms with Gasteiger partial charge in [-0.15, -0.1) is 12.4 Å². The number of nitrogens with one attached hydrogen (secondary N) is 1. The molecule has 3 nitrogen and oxygen atoms in total. The Morgan fingerprint density at radius 2 is 2.22 bits per heavy atom. The molecule has 0 spiro atoms. The third kappa shape index (κ3) is 3.24. The number of halogens is 1. The first-order valence-corrected chi connectivity index (χ1v) is 6.07. The van der Waals surface area contributed by atoms with Gasteiger partial charge in [0.05, 0.1) is 13.0 Å². The van der Waals surface area contributed by atoms with Gasteiger partial charge in [0, 0.05) is 12.5 Å². The number of aryl methyl sites for hydroxylation is 1. The highest BCUT2D eigenvalue weighted by Crippen LogP contribution is 2.30. The monoisotopic (exact) mass is 269 g/mol. The van der Waals surface area contributed by atoms with Gasteiger partial charge >= 0.3 is 5.97 Å². The molecule has 18 heavy (non-hydrogen) atoms. The average molecular weight is 270 g/mol. The van der Waals surface area contributed by atoms with E-state index in [1.807, 2.05) is 6.07 Å². The van der Waals surface area contributed by atoms with Gasteiger partial charge in [0.15, 0.2) is 0 Å². The molecular weight excluding hydrogens is 250 g/mol. The van der Waals surface area contributed by atoms with Crippen molar-refractivity contribution in [2.75, 3.05) is 20.2 Å². The summed E-state index contributed by atoms with van der Waals surface area (Å²) < 4.78 is 4.90. The molecule has 1 heterocycles. The summed E-state index contributed by atoms with van der Waals surface area (Å²) in [5, 5.41) is 3.35. The average Bonchev–Trinajstić information content (AvgIpc) is 2.38. The van der Waals surface area contributed by atoms with E-state index >= 15 is 0 Å². The second-order valence-corrected chi connectivity index (χ2v) is 4.64. The molecule has 2 atom stereocenters. The van der Waals surface area contributed by atoms with Crippen LogP contribution in [0.25, 0.3) is 0 Å². The van der Waals surface area contributed by atoms with Crippen molar-refractivity contribution >= 4 is 18.4 Å². The highest BCUT2D eigenvalue weighted by Gasteiger charge is 2.32. The molecule has 4 heteroatoms. The molecule has 1 fully saturated rings. The molecule has 1 aliphatic heterocycles. The Kier molecular flexibility index (Phi) is 5.63. The van der Waals surface area contributed by atoms with E-state index in [-0.39, 0.29) is 30.2 Å². The Bertz CT molecular complexity index is 409. The number of esters is 1. The first-order valence-electron chi connectivity index (χ1n) is 6.07. The van der Waals surface area contributed by atoms with E-state index in [1.165, 1.54) is 18.2 Å². The quantitative estimate of drug-likeness (QED) is 0.837. The molecular formula is C14H20ClNO2. The predicted molar refractivity (Wildman–Crippen MR) is 74.2 cm³/mol. The topological polar surface area (TPSA) is 38.3 Å². The summed E-state index contributed by atoms with van der Waals surface area (Å²) >= 11 is 0. The summed E-state index contributed by atoms with van der Waals surface area (Å²) in [6, 6.07) is 8.38. The van der Waals surface area contributed by atoms with Crippen LogP contribution < -0.4 is 5.32 Å². The molecule has 0 saturated carbocycles. The zero-order valence-electron chi connectivity index (χ0n) is 10.8. The second-order valence-electron chi connectivity index (χ2n) is 4.64. The smallest absolute Gasteiger partial charge is 0.309 e. The molecule has 0 aromatic heterocycles. The number of carbonyl (C=O) groups is 1. The van der Waals surface area contributed by atoms with E-state index in [1.54, 1.807) is 0 Å². The summed E-state index contributed by atoms with van der Waals surface area (Å²) in [6.45, 7) is 3.82. The summed E-state index contributed by atoms with van der Waals surface area (Å²) in [5.74, 6) is 0.136. The molecule has 2 rings (SSSR count). The van der Waals surface area contributed by atoms with Crippen LogP contribution in [-0.2, 0) is 9.53 Å². The van der Waals surface area contributed by atoms with E-state index < -0.39 is 0 Å². The van der Waals surface area contributed by atoms with E-state index in [0.29, 0.717) is 0 Å². The lowest BCUT2D eigenvalue weighted by molar-refractivity contribution is -0.147. The summed E-state index contributed by atoms with van der Waals surface area (Å²) in [4.78, 5) is 11.8. The molecule has 1 aromatic rings. The van der Waals surface area contributed by atoms with Crippen LogP contribution in [0.5, 0.6) is 0 Å². The Morgan fingerprint density at radius 1 is 1.44 bits per heavy atom. The molecule has 1 aromatic carbocycles. The molecule has 0 aliphatic carbocycles. The Balaban J connectivity index is 0.00000162. The highest BCUT2D eigenvalue weighted by atomic mass is 35.5. The Labute approximate surface area is 114 Å². The molecule has 2 unspecified atom stereocenters. The zero-order valence-corrected chi connectivity index (χ0v) is 11.6. The first-order chi connectivity index (χ1) is 8.22. The summed E-state index contributed by atoms with van der Waals surface area (Å²) in [7, 11) is 1.47. The predicted octanol–water partition coefficient (Wildman–Crippen LogP) is 2.28. The summed E-state index contributed by atoms with van der Waals surface area (Å²) in [5.41, 5.74) is 2.46. The van der Waals surface area contributed by atoms with Gasteiger partial charge in [-0.2, -0.15) is 0 Å². The Hall–Kier alpha value is -1.06. The number of methoxy groups -OCH3 is 1. The van der Waals surface area contributed by atoms with Gasteiger partial charge in [-0.3, -0.25) is 4.79 Å². The zero-order chi connectivity index (χ0) is 12.3. The Morgan fingerprint density at radius 3 is 2.89 bits per heavy atom. The molecule has 1 saturated heterocycles. The van der Waals surface area contributed by atoms with Gasteiger partial charge in [0.25, 0.3) is 0 Å². The van der Waals surface area contributed by atoms with Crippen molar-refractivity contribution in [3.8, 4) is 0 Å². The maximum atomic E-state index is 11.8. The molecule has 0 amide bonds. The van der Waals surface area contributed by atoms with Crippen LogP contribution in [0.4, 0.5) is 0 Å². The van der Waals surface area contributed by atoms with Crippen LogP contribution >= 0.6 is 12.4 Å². The van der Waals surface area contributed by atoms with Crippen molar-refractivity contribution in [1.29, 1.82) is 0 Å². The minimum atomic E-state index is -0.0852. The first kappa shape index (κ1) is 15.0. The van der Waals surface area contributed by atoms with Gasteiger partial charge in [-0.05, 0) is 25.5 Å². The molecule has 0 radical (unpaired) electrons. The molecule has 0 bridgehead atoms. The lowest BCUT2D eigenvalue weighted by Gasteiger charge is -2.30. The minimum absolute atomic E-state index is 0.